The summed E-state index contributed by atoms with van der Waals surface area (Å²) in [4.78, 5) is 11.0. The molecule has 1 unspecified atom stereocenters. The van der Waals surface area contributed by atoms with Crippen LogP contribution in [-0.2, 0) is 4.79 Å². The van der Waals surface area contributed by atoms with Gasteiger partial charge in [-0.3, -0.25) is 4.79 Å². The molecule has 1 aliphatic carbocycles. The molecular formula is C10H20N2O. The summed E-state index contributed by atoms with van der Waals surface area (Å²) in [6.45, 7) is 5.03. The van der Waals surface area contributed by atoms with Gasteiger partial charge >= 0.3 is 0 Å². The van der Waals surface area contributed by atoms with E-state index in [0.717, 1.165) is 0 Å². The lowest BCUT2D eigenvalue weighted by Gasteiger charge is -2.17. The normalized spacial score (nSPS) is 25.9. The predicted molar refractivity (Wildman–Crippen MR) is 53.5 cm³/mol. The van der Waals surface area contributed by atoms with E-state index in [1.807, 2.05) is 0 Å². The zero-order valence-electron chi connectivity index (χ0n) is 8.81. The number of carbonyl (C=O) groups excluding carboxylic acids is 1. The van der Waals surface area contributed by atoms with Crippen LogP contribution in [0.2, 0.25) is 0 Å². The molecule has 1 rings (SSSR count). The van der Waals surface area contributed by atoms with Crippen LogP contribution >= 0.6 is 0 Å². The first-order chi connectivity index (χ1) is 6.03. The third kappa shape index (κ3) is 3.35. The van der Waals surface area contributed by atoms with Gasteiger partial charge in [0.2, 0.25) is 5.91 Å². The van der Waals surface area contributed by atoms with Crippen molar-refractivity contribution in [3.05, 3.63) is 0 Å². The molecule has 3 heteroatoms. The van der Waals surface area contributed by atoms with Gasteiger partial charge < -0.3 is 10.6 Å². The fourth-order valence-corrected chi connectivity index (χ4v) is 1.94. The summed E-state index contributed by atoms with van der Waals surface area (Å²) >= 11 is 0. The summed E-state index contributed by atoms with van der Waals surface area (Å²) in [5.74, 6) is 0.0738. The first kappa shape index (κ1) is 10.5. The van der Waals surface area contributed by atoms with Gasteiger partial charge in [-0.2, -0.15) is 0 Å². The van der Waals surface area contributed by atoms with Gasteiger partial charge in [0.1, 0.15) is 0 Å². The van der Waals surface area contributed by atoms with Crippen LogP contribution < -0.4 is 10.6 Å². The Morgan fingerprint density at radius 2 is 2.23 bits per heavy atom. The van der Waals surface area contributed by atoms with E-state index in [4.69, 9.17) is 0 Å². The highest BCUT2D eigenvalue weighted by Gasteiger charge is 2.30. The molecule has 0 aliphatic heterocycles. The quantitative estimate of drug-likeness (QED) is 0.684. The smallest absolute Gasteiger partial charge is 0.233 e. The first-order valence-corrected chi connectivity index (χ1v) is 4.97. The van der Waals surface area contributed by atoms with Crippen molar-refractivity contribution in [3.63, 3.8) is 0 Å². The Bertz CT molecular complexity index is 189. The molecule has 0 bridgehead atoms. The zero-order valence-corrected chi connectivity index (χ0v) is 8.81. The molecule has 0 saturated heterocycles. The van der Waals surface area contributed by atoms with Crippen LogP contribution in [0.4, 0.5) is 0 Å². The van der Waals surface area contributed by atoms with E-state index in [-0.39, 0.29) is 5.91 Å². The van der Waals surface area contributed by atoms with Crippen LogP contribution in [0.15, 0.2) is 0 Å². The molecule has 0 aromatic carbocycles. The number of hydrogen-bond acceptors (Lipinski definition) is 2. The summed E-state index contributed by atoms with van der Waals surface area (Å²) in [6.07, 6.45) is 3.65. The van der Waals surface area contributed by atoms with Crippen molar-refractivity contribution in [1.82, 2.24) is 10.6 Å². The van der Waals surface area contributed by atoms with Crippen LogP contribution in [0, 0.1) is 5.41 Å². The highest BCUT2D eigenvalue weighted by Crippen LogP contribution is 2.36. The molecule has 0 heterocycles. The monoisotopic (exact) mass is 184 g/mol. The second kappa shape index (κ2) is 4.09. The fourth-order valence-electron chi connectivity index (χ4n) is 1.94. The van der Waals surface area contributed by atoms with E-state index >= 15 is 0 Å². The average Bonchev–Trinajstić information content (AvgIpc) is 2.41. The third-order valence-electron chi connectivity index (χ3n) is 2.80. The summed E-state index contributed by atoms with van der Waals surface area (Å²) < 4.78 is 0. The summed E-state index contributed by atoms with van der Waals surface area (Å²) in [5, 5.41) is 5.88. The molecule has 1 fully saturated rings. The molecule has 1 aliphatic rings. The number of rotatable bonds is 3. The largest absolute Gasteiger partial charge is 0.358 e. The topological polar surface area (TPSA) is 41.1 Å². The van der Waals surface area contributed by atoms with Crippen molar-refractivity contribution in [1.29, 1.82) is 0 Å². The Balaban J connectivity index is 2.21. The minimum atomic E-state index is 0.0738. The minimum Gasteiger partial charge on any atom is -0.358 e. The molecule has 1 saturated carbocycles. The molecule has 13 heavy (non-hydrogen) atoms. The molecule has 2 N–H and O–H groups in total. The van der Waals surface area contributed by atoms with Crippen LogP contribution in [0.25, 0.3) is 0 Å². The zero-order chi connectivity index (χ0) is 9.90. The molecule has 0 aromatic heterocycles. The molecule has 1 amide bonds. The average molecular weight is 184 g/mol. The number of likely N-dealkylation sites (N-methyl/N-ethyl adjacent to an activating group) is 1. The van der Waals surface area contributed by atoms with Gasteiger partial charge in [0.15, 0.2) is 0 Å². The Hall–Kier alpha value is -0.570. The molecule has 76 valence electrons. The van der Waals surface area contributed by atoms with Gasteiger partial charge in [0.25, 0.3) is 0 Å². The standard InChI is InChI=1S/C10H20N2O/c1-10(2)5-4-8(6-10)12-7-9(13)11-3/h8,12H,4-7H2,1-3H3,(H,11,13). The number of hydrogen-bond donors (Lipinski definition) is 2. The maximum atomic E-state index is 11.0. The third-order valence-corrected chi connectivity index (χ3v) is 2.80. The Kier molecular flexibility index (Phi) is 3.31. The van der Waals surface area contributed by atoms with Crippen LogP contribution in [0.3, 0.4) is 0 Å². The van der Waals surface area contributed by atoms with E-state index in [9.17, 15) is 4.79 Å². The Morgan fingerprint density at radius 1 is 1.54 bits per heavy atom. The van der Waals surface area contributed by atoms with Gasteiger partial charge in [-0.1, -0.05) is 13.8 Å². The van der Waals surface area contributed by atoms with Crippen molar-refractivity contribution in [2.45, 2.75) is 39.2 Å². The second-order valence-electron chi connectivity index (χ2n) is 4.66. The van der Waals surface area contributed by atoms with Gasteiger partial charge in [0.05, 0.1) is 6.54 Å². The number of amides is 1. The van der Waals surface area contributed by atoms with Crippen molar-refractivity contribution >= 4 is 5.91 Å². The van der Waals surface area contributed by atoms with Gasteiger partial charge in [-0.05, 0) is 24.7 Å². The summed E-state index contributed by atoms with van der Waals surface area (Å²) in [7, 11) is 1.67. The molecule has 3 nitrogen and oxygen atoms in total. The molecule has 1 atom stereocenters. The lowest BCUT2D eigenvalue weighted by atomic mass is 9.92. The van der Waals surface area contributed by atoms with Crippen LogP contribution in [0.5, 0.6) is 0 Å². The predicted octanol–water partition coefficient (Wildman–Crippen LogP) is 0.901. The van der Waals surface area contributed by atoms with E-state index in [1.54, 1.807) is 7.05 Å². The van der Waals surface area contributed by atoms with E-state index in [0.29, 0.717) is 18.0 Å². The molecular weight excluding hydrogens is 164 g/mol. The number of nitrogens with one attached hydrogen (secondary N) is 2. The van der Waals surface area contributed by atoms with Gasteiger partial charge in [-0.15, -0.1) is 0 Å². The Labute approximate surface area is 80.3 Å². The highest BCUT2D eigenvalue weighted by atomic mass is 16.1. The molecule has 0 radical (unpaired) electrons. The van der Waals surface area contributed by atoms with Crippen molar-refractivity contribution in [3.8, 4) is 0 Å². The first-order valence-electron chi connectivity index (χ1n) is 4.97. The van der Waals surface area contributed by atoms with Crippen LogP contribution in [-0.4, -0.2) is 25.5 Å². The lowest BCUT2D eigenvalue weighted by Crippen LogP contribution is -2.37. The molecule has 0 spiro atoms. The number of carbonyl (C=O) groups is 1. The van der Waals surface area contributed by atoms with E-state index < -0.39 is 0 Å². The van der Waals surface area contributed by atoms with Crippen LogP contribution in [0.1, 0.15) is 33.1 Å². The highest BCUT2D eigenvalue weighted by molar-refractivity contribution is 5.77. The minimum absolute atomic E-state index is 0.0738. The maximum Gasteiger partial charge on any atom is 0.233 e. The summed E-state index contributed by atoms with van der Waals surface area (Å²) in [6, 6.07) is 0.535. The van der Waals surface area contributed by atoms with Gasteiger partial charge in [-0.25, -0.2) is 0 Å². The molecule has 0 aromatic rings. The fraction of sp³-hybridized carbons (Fsp3) is 0.900. The van der Waals surface area contributed by atoms with E-state index in [1.165, 1.54) is 19.3 Å². The van der Waals surface area contributed by atoms with Gasteiger partial charge in [0, 0.05) is 13.1 Å². The lowest BCUT2D eigenvalue weighted by molar-refractivity contribution is -0.119. The van der Waals surface area contributed by atoms with Crippen molar-refractivity contribution in [2.75, 3.05) is 13.6 Å². The second-order valence-corrected chi connectivity index (χ2v) is 4.66. The maximum absolute atomic E-state index is 11.0. The SMILES string of the molecule is CNC(=O)CNC1CCC(C)(C)C1. The Morgan fingerprint density at radius 3 is 2.69 bits per heavy atom. The van der Waals surface area contributed by atoms with E-state index in [2.05, 4.69) is 24.5 Å². The summed E-state index contributed by atoms with van der Waals surface area (Å²) in [5.41, 5.74) is 0.459. The van der Waals surface area contributed by atoms with Crippen molar-refractivity contribution in [2.24, 2.45) is 5.41 Å². The van der Waals surface area contributed by atoms with Crippen molar-refractivity contribution < 1.29 is 4.79 Å².